The van der Waals surface area contributed by atoms with Crippen LogP contribution in [0.15, 0.2) is 0 Å². The predicted octanol–water partition coefficient (Wildman–Crippen LogP) is 1.69. The summed E-state index contributed by atoms with van der Waals surface area (Å²) >= 11 is 0. The van der Waals surface area contributed by atoms with Gasteiger partial charge in [0.2, 0.25) is 0 Å². The fraction of sp³-hybridized carbons (Fsp3) is 1.00. The summed E-state index contributed by atoms with van der Waals surface area (Å²) in [5, 5.41) is 0. The van der Waals surface area contributed by atoms with Gasteiger partial charge in [0.15, 0.2) is 13.5 Å². The molecular formula is C3H6NO8P3+2. The van der Waals surface area contributed by atoms with Crippen LogP contribution in [-0.4, -0.2) is 25.1 Å². The highest BCUT2D eigenvalue weighted by atomic mass is 31.3. The van der Waals surface area contributed by atoms with E-state index in [2.05, 4.69) is 17.7 Å². The third-order valence-electron chi connectivity index (χ3n) is 1.42. The number of fused-ring (bicyclic) bond motifs is 3. The van der Waals surface area contributed by atoms with Crippen LogP contribution in [0.3, 0.4) is 0 Å². The van der Waals surface area contributed by atoms with Gasteiger partial charge in [0.25, 0.3) is 0 Å². The average Bonchev–Trinajstić information content (AvgIpc) is 2.12. The number of phosphoric acid groups is 1. The molecule has 2 unspecified atom stereocenters. The minimum absolute atomic E-state index is 0.113. The molecule has 9 nitrogen and oxygen atoms in total. The van der Waals surface area contributed by atoms with Crippen molar-refractivity contribution in [2.75, 3.05) is 20.2 Å². The highest BCUT2D eigenvalue weighted by molar-refractivity contribution is 7.61. The molecule has 0 aliphatic carbocycles. The Hall–Kier alpha value is 0.190. The van der Waals surface area contributed by atoms with E-state index in [4.69, 9.17) is 4.52 Å². The third-order valence-corrected chi connectivity index (χ3v) is 5.17. The van der Waals surface area contributed by atoms with E-state index in [-0.39, 0.29) is 20.2 Å². The molecule has 2 atom stereocenters. The van der Waals surface area contributed by atoms with Gasteiger partial charge in [0.05, 0.1) is 0 Å². The molecule has 0 spiro atoms. The van der Waals surface area contributed by atoms with Crippen LogP contribution in [0.1, 0.15) is 0 Å². The maximum atomic E-state index is 11.6. The van der Waals surface area contributed by atoms with Gasteiger partial charge < -0.3 is 0 Å². The lowest BCUT2D eigenvalue weighted by Crippen LogP contribution is -2.31. The van der Waals surface area contributed by atoms with E-state index in [1.807, 2.05) is 0 Å². The first kappa shape index (κ1) is 11.7. The van der Waals surface area contributed by atoms with Gasteiger partial charge in [0.1, 0.15) is 6.73 Å². The first-order valence-corrected chi connectivity index (χ1v) is 7.29. The quantitative estimate of drug-likeness (QED) is 0.612. The molecule has 0 aromatic rings. The molecule has 2 fully saturated rings. The molecule has 0 amide bonds. The predicted molar refractivity (Wildman–Crippen MR) is 44.7 cm³/mol. The molecule has 12 heteroatoms. The second-order valence-corrected chi connectivity index (χ2v) is 6.37. The topological polar surface area (TPSA) is 101 Å². The smallest absolute Gasteiger partial charge is 0.266 e. The average molecular weight is 277 g/mol. The maximum Gasteiger partial charge on any atom is 0.709 e. The molecule has 2 aliphatic rings. The van der Waals surface area contributed by atoms with Crippen LogP contribution in [0, 0.1) is 0 Å². The van der Waals surface area contributed by atoms with Crippen molar-refractivity contribution in [2.24, 2.45) is 0 Å². The van der Waals surface area contributed by atoms with Crippen LogP contribution in [0.2, 0.25) is 0 Å². The lowest BCUT2D eigenvalue weighted by Gasteiger charge is -2.20. The molecule has 0 aromatic heterocycles. The van der Waals surface area contributed by atoms with Crippen LogP contribution < -0.4 is 0 Å². The van der Waals surface area contributed by atoms with Crippen LogP contribution in [-0.2, 0) is 35.9 Å². The standard InChI is InChI=1S/C3H6NO8P3/c5-13-8-1-4-2-9-14(6)12-15(7,11-13)10-3-4/h1-3H2/q+2. The highest BCUT2D eigenvalue weighted by Crippen LogP contribution is 2.63. The molecule has 0 N–H and O–H groups in total. The van der Waals surface area contributed by atoms with Gasteiger partial charge in [-0.2, -0.15) is 0 Å². The zero-order valence-electron chi connectivity index (χ0n) is 7.18. The minimum Gasteiger partial charge on any atom is -0.266 e. The van der Waals surface area contributed by atoms with E-state index >= 15 is 0 Å². The van der Waals surface area contributed by atoms with Crippen molar-refractivity contribution in [1.29, 1.82) is 0 Å². The Balaban J connectivity index is 2.23. The molecule has 15 heavy (non-hydrogen) atoms. The van der Waals surface area contributed by atoms with E-state index in [0.29, 0.717) is 0 Å². The first-order valence-electron chi connectivity index (χ1n) is 3.64. The van der Waals surface area contributed by atoms with Gasteiger partial charge in [-0.3, -0.25) is 4.52 Å². The lowest BCUT2D eigenvalue weighted by molar-refractivity contribution is -0.0295. The Bertz CT molecular complexity index is 318. The Morgan fingerprint density at radius 2 is 1.53 bits per heavy atom. The maximum absolute atomic E-state index is 11.6. The first-order chi connectivity index (χ1) is 7.07. The fourth-order valence-electron chi connectivity index (χ4n) is 0.794. The Kier molecular flexibility index (Phi) is 3.57. The van der Waals surface area contributed by atoms with E-state index in [0.717, 1.165) is 0 Å². The summed E-state index contributed by atoms with van der Waals surface area (Å²) in [4.78, 5) is 1.35. The largest absolute Gasteiger partial charge is 0.709 e. The second-order valence-electron chi connectivity index (χ2n) is 2.50. The fourth-order valence-corrected chi connectivity index (χ4v) is 4.06. The third kappa shape index (κ3) is 3.07. The number of hydrogen-bond acceptors (Lipinski definition) is 9. The molecule has 2 aliphatic heterocycles. The van der Waals surface area contributed by atoms with Gasteiger partial charge in [-0.25, -0.2) is 9.46 Å². The molecule has 0 radical (unpaired) electrons. The van der Waals surface area contributed by atoms with Crippen molar-refractivity contribution in [1.82, 2.24) is 4.90 Å². The van der Waals surface area contributed by atoms with Gasteiger partial charge in [0, 0.05) is 17.8 Å². The van der Waals surface area contributed by atoms with E-state index in [9.17, 15) is 13.7 Å². The molecular weight excluding hydrogens is 271 g/mol. The summed E-state index contributed by atoms with van der Waals surface area (Å²) in [6.07, 6.45) is 0. The van der Waals surface area contributed by atoms with Crippen LogP contribution in [0.5, 0.6) is 0 Å². The zero-order valence-corrected chi connectivity index (χ0v) is 9.86. The summed E-state index contributed by atoms with van der Waals surface area (Å²) in [6.45, 7) is -0.389. The van der Waals surface area contributed by atoms with E-state index < -0.39 is 24.3 Å². The van der Waals surface area contributed by atoms with Crippen LogP contribution in [0.4, 0.5) is 0 Å². The van der Waals surface area contributed by atoms with Gasteiger partial charge >= 0.3 is 24.3 Å². The van der Waals surface area contributed by atoms with E-state index in [1.165, 1.54) is 4.90 Å². The summed E-state index contributed by atoms with van der Waals surface area (Å²) < 4.78 is 56.4. The second kappa shape index (κ2) is 4.59. The Labute approximate surface area is 86.1 Å². The van der Waals surface area contributed by atoms with Crippen molar-refractivity contribution in [3.63, 3.8) is 0 Å². The summed E-state index contributed by atoms with van der Waals surface area (Å²) in [5.41, 5.74) is 0. The van der Waals surface area contributed by atoms with E-state index in [1.54, 1.807) is 0 Å². The molecule has 2 heterocycles. The Morgan fingerprint density at radius 3 is 2.07 bits per heavy atom. The van der Waals surface area contributed by atoms with Crippen LogP contribution in [0.25, 0.3) is 0 Å². The van der Waals surface area contributed by atoms with Crippen molar-refractivity contribution in [3.8, 4) is 0 Å². The zero-order chi connectivity index (χ0) is 10.9. The molecule has 0 aromatic carbocycles. The minimum atomic E-state index is -4.14. The number of nitrogens with zero attached hydrogens (tertiary/aromatic N) is 1. The lowest BCUT2D eigenvalue weighted by atomic mass is 10.9. The molecule has 0 saturated carbocycles. The Morgan fingerprint density at radius 1 is 1.00 bits per heavy atom. The molecule has 2 saturated heterocycles. The van der Waals surface area contributed by atoms with Crippen molar-refractivity contribution < 1.29 is 35.9 Å². The summed E-state index contributed by atoms with van der Waals surface area (Å²) in [7, 11) is -9.41. The van der Waals surface area contributed by atoms with Crippen molar-refractivity contribution in [3.05, 3.63) is 0 Å². The SMILES string of the molecule is O=[P+]1OCN2CO[P+](=O)OP(=O)(OC2)O1. The number of hydrogen-bond donors (Lipinski definition) is 0. The molecule has 2 rings (SSSR count). The highest BCUT2D eigenvalue weighted by Gasteiger charge is 2.52. The summed E-state index contributed by atoms with van der Waals surface area (Å²) in [6, 6.07) is 0. The normalized spacial score (nSPS) is 42.8. The van der Waals surface area contributed by atoms with Gasteiger partial charge in [-0.05, 0) is 0 Å². The van der Waals surface area contributed by atoms with Gasteiger partial charge in [-0.15, -0.1) is 9.05 Å². The van der Waals surface area contributed by atoms with Crippen molar-refractivity contribution >= 4 is 24.3 Å². The molecule has 84 valence electrons. The summed E-state index contributed by atoms with van der Waals surface area (Å²) in [5.74, 6) is 0. The monoisotopic (exact) mass is 277 g/mol. The van der Waals surface area contributed by atoms with Crippen molar-refractivity contribution in [2.45, 2.75) is 0 Å². The van der Waals surface area contributed by atoms with Crippen LogP contribution >= 0.6 is 24.3 Å². The molecule has 2 bridgehead atoms. The number of rotatable bonds is 0. The van der Waals surface area contributed by atoms with Gasteiger partial charge in [-0.1, -0.05) is 0 Å².